The molecular formula is C14H28N2O2. The van der Waals surface area contributed by atoms with Crippen LogP contribution in [-0.2, 0) is 9.53 Å². The van der Waals surface area contributed by atoms with Gasteiger partial charge in [0, 0.05) is 12.6 Å². The van der Waals surface area contributed by atoms with E-state index in [1.54, 1.807) is 0 Å². The lowest BCUT2D eigenvalue weighted by Crippen LogP contribution is -2.53. The zero-order chi connectivity index (χ0) is 13.8. The van der Waals surface area contributed by atoms with Crippen LogP contribution in [0.25, 0.3) is 0 Å². The van der Waals surface area contributed by atoms with Crippen LogP contribution < -0.4 is 5.32 Å². The molecule has 0 spiro atoms. The van der Waals surface area contributed by atoms with Gasteiger partial charge in [-0.25, -0.2) is 0 Å². The fourth-order valence-corrected chi connectivity index (χ4v) is 2.86. The molecule has 1 aliphatic heterocycles. The molecule has 3 atom stereocenters. The predicted molar refractivity (Wildman–Crippen MR) is 73.5 cm³/mol. The molecule has 1 fully saturated rings. The molecule has 0 aromatic heterocycles. The zero-order valence-corrected chi connectivity index (χ0v) is 12.5. The molecule has 3 unspecified atom stereocenters. The smallest absolute Gasteiger partial charge is 0.325 e. The van der Waals surface area contributed by atoms with Gasteiger partial charge < -0.3 is 15.0 Å². The van der Waals surface area contributed by atoms with Crippen molar-refractivity contribution in [2.75, 3.05) is 27.2 Å². The lowest BCUT2D eigenvalue weighted by atomic mass is 9.91. The number of carbonyl (C=O) groups is 1. The highest BCUT2D eigenvalue weighted by Gasteiger charge is 2.36. The number of hydrogen-bond acceptors (Lipinski definition) is 4. The van der Waals surface area contributed by atoms with Crippen LogP contribution in [0.4, 0.5) is 0 Å². The number of rotatable bonds is 5. The summed E-state index contributed by atoms with van der Waals surface area (Å²) in [4.78, 5) is 14.3. The first-order chi connectivity index (χ1) is 8.42. The SMILES string of the molecule is CNC(C)(CC(C)N1CCCC(C)C1)C(=O)OC. The Morgan fingerprint density at radius 3 is 2.78 bits per heavy atom. The number of esters is 1. The van der Waals surface area contributed by atoms with Gasteiger partial charge >= 0.3 is 5.97 Å². The third-order valence-corrected chi connectivity index (χ3v) is 4.20. The summed E-state index contributed by atoms with van der Waals surface area (Å²) in [6.07, 6.45) is 3.37. The minimum Gasteiger partial charge on any atom is -0.468 e. The second kappa shape index (κ2) is 6.53. The van der Waals surface area contributed by atoms with Crippen LogP contribution in [-0.4, -0.2) is 49.7 Å². The van der Waals surface area contributed by atoms with Crippen LogP contribution >= 0.6 is 0 Å². The average molecular weight is 256 g/mol. The van der Waals surface area contributed by atoms with Crippen LogP contribution in [0.2, 0.25) is 0 Å². The fourth-order valence-electron chi connectivity index (χ4n) is 2.86. The van der Waals surface area contributed by atoms with Crippen molar-refractivity contribution in [3.8, 4) is 0 Å². The topological polar surface area (TPSA) is 41.6 Å². The first-order valence-electron chi connectivity index (χ1n) is 6.94. The highest BCUT2D eigenvalue weighted by Crippen LogP contribution is 2.23. The van der Waals surface area contributed by atoms with Crippen molar-refractivity contribution < 1.29 is 9.53 Å². The molecule has 18 heavy (non-hydrogen) atoms. The molecule has 1 N–H and O–H groups in total. The van der Waals surface area contributed by atoms with Crippen LogP contribution in [0.5, 0.6) is 0 Å². The normalized spacial score (nSPS) is 26.4. The standard InChI is InChI=1S/C14H28N2O2/c1-11-7-6-8-16(10-11)12(2)9-14(3,15-4)13(17)18-5/h11-12,15H,6-10H2,1-5H3. The number of methoxy groups -OCH3 is 1. The maximum absolute atomic E-state index is 11.8. The Morgan fingerprint density at radius 1 is 1.61 bits per heavy atom. The Morgan fingerprint density at radius 2 is 2.28 bits per heavy atom. The van der Waals surface area contributed by atoms with Gasteiger partial charge in [0.25, 0.3) is 0 Å². The summed E-state index contributed by atoms with van der Waals surface area (Å²) >= 11 is 0. The first kappa shape index (κ1) is 15.4. The zero-order valence-electron chi connectivity index (χ0n) is 12.5. The van der Waals surface area contributed by atoms with Crippen molar-refractivity contribution in [3.63, 3.8) is 0 Å². The monoisotopic (exact) mass is 256 g/mol. The predicted octanol–water partition coefficient (Wildman–Crippen LogP) is 1.65. The number of hydrogen-bond donors (Lipinski definition) is 1. The van der Waals surface area contributed by atoms with Gasteiger partial charge in [-0.1, -0.05) is 6.92 Å². The number of nitrogens with one attached hydrogen (secondary N) is 1. The minimum atomic E-state index is -0.588. The van der Waals surface area contributed by atoms with Crippen LogP contribution in [0.15, 0.2) is 0 Å². The highest BCUT2D eigenvalue weighted by molar-refractivity contribution is 5.80. The molecule has 1 saturated heterocycles. The van der Waals surface area contributed by atoms with Crippen molar-refractivity contribution in [2.24, 2.45) is 5.92 Å². The first-order valence-corrected chi connectivity index (χ1v) is 6.94. The third kappa shape index (κ3) is 3.69. The van der Waals surface area contributed by atoms with E-state index in [4.69, 9.17) is 4.74 Å². The lowest BCUT2D eigenvalue weighted by molar-refractivity contribution is -0.148. The van der Waals surface area contributed by atoms with Gasteiger partial charge in [0.15, 0.2) is 0 Å². The maximum atomic E-state index is 11.8. The van der Waals surface area contributed by atoms with Gasteiger partial charge in [0.1, 0.15) is 5.54 Å². The van der Waals surface area contributed by atoms with Crippen molar-refractivity contribution in [1.29, 1.82) is 0 Å². The number of likely N-dealkylation sites (tertiary alicyclic amines) is 1. The fraction of sp³-hybridized carbons (Fsp3) is 0.929. The Hall–Kier alpha value is -0.610. The highest BCUT2D eigenvalue weighted by atomic mass is 16.5. The second-order valence-corrected chi connectivity index (χ2v) is 5.87. The average Bonchev–Trinajstić information content (AvgIpc) is 2.37. The molecule has 106 valence electrons. The summed E-state index contributed by atoms with van der Waals surface area (Å²) in [7, 11) is 3.27. The Balaban J connectivity index is 2.61. The molecule has 0 aromatic carbocycles. The van der Waals surface area contributed by atoms with E-state index in [9.17, 15) is 4.79 Å². The summed E-state index contributed by atoms with van der Waals surface area (Å²) in [5.74, 6) is 0.585. The number of likely N-dealkylation sites (N-methyl/N-ethyl adjacent to an activating group) is 1. The molecule has 0 aromatic rings. The molecule has 0 bridgehead atoms. The maximum Gasteiger partial charge on any atom is 0.325 e. The third-order valence-electron chi connectivity index (χ3n) is 4.20. The van der Waals surface area contributed by atoms with E-state index >= 15 is 0 Å². The molecule has 1 rings (SSSR count). The van der Waals surface area contributed by atoms with Crippen LogP contribution in [0.1, 0.15) is 40.0 Å². The summed E-state index contributed by atoms with van der Waals surface area (Å²) in [6.45, 7) is 8.71. The molecule has 0 radical (unpaired) electrons. The molecule has 4 heteroatoms. The van der Waals surface area contributed by atoms with E-state index in [0.717, 1.165) is 25.4 Å². The van der Waals surface area contributed by atoms with Gasteiger partial charge in [0.05, 0.1) is 7.11 Å². The number of ether oxygens (including phenoxy) is 1. The molecule has 1 heterocycles. The van der Waals surface area contributed by atoms with Gasteiger partial charge in [0.2, 0.25) is 0 Å². The summed E-state index contributed by atoms with van der Waals surface area (Å²) < 4.78 is 4.90. The summed E-state index contributed by atoms with van der Waals surface area (Å²) in [6, 6.07) is 0.393. The van der Waals surface area contributed by atoms with Gasteiger partial charge in [-0.3, -0.25) is 4.79 Å². The van der Waals surface area contributed by atoms with E-state index in [1.807, 2.05) is 14.0 Å². The van der Waals surface area contributed by atoms with Crippen molar-refractivity contribution >= 4 is 5.97 Å². The molecule has 0 amide bonds. The summed E-state index contributed by atoms with van der Waals surface area (Å²) in [5.41, 5.74) is -0.588. The molecule has 0 saturated carbocycles. The number of carbonyl (C=O) groups excluding carboxylic acids is 1. The van der Waals surface area contributed by atoms with Gasteiger partial charge in [-0.15, -0.1) is 0 Å². The Kier molecular flexibility index (Phi) is 5.60. The minimum absolute atomic E-state index is 0.179. The van der Waals surface area contributed by atoms with Gasteiger partial charge in [-0.2, -0.15) is 0 Å². The van der Waals surface area contributed by atoms with E-state index in [-0.39, 0.29) is 5.97 Å². The molecular weight excluding hydrogens is 228 g/mol. The largest absolute Gasteiger partial charge is 0.468 e. The second-order valence-electron chi connectivity index (χ2n) is 5.87. The molecule has 4 nitrogen and oxygen atoms in total. The quantitative estimate of drug-likeness (QED) is 0.759. The molecule has 0 aliphatic carbocycles. The van der Waals surface area contributed by atoms with E-state index in [2.05, 4.69) is 24.1 Å². The number of nitrogens with zero attached hydrogens (tertiary/aromatic N) is 1. The van der Waals surface area contributed by atoms with Crippen LogP contribution in [0.3, 0.4) is 0 Å². The van der Waals surface area contributed by atoms with E-state index in [0.29, 0.717) is 6.04 Å². The van der Waals surface area contributed by atoms with Crippen LogP contribution in [0, 0.1) is 5.92 Å². The van der Waals surface area contributed by atoms with E-state index in [1.165, 1.54) is 20.0 Å². The van der Waals surface area contributed by atoms with Crippen molar-refractivity contribution in [3.05, 3.63) is 0 Å². The van der Waals surface area contributed by atoms with Crippen molar-refractivity contribution in [1.82, 2.24) is 10.2 Å². The van der Waals surface area contributed by atoms with Gasteiger partial charge in [-0.05, 0) is 52.6 Å². The Bertz CT molecular complexity index is 283. The lowest BCUT2D eigenvalue weighted by Gasteiger charge is -2.39. The molecule has 1 aliphatic rings. The summed E-state index contributed by atoms with van der Waals surface area (Å²) in [5, 5.41) is 3.11. The van der Waals surface area contributed by atoms with E-state index < -0.39 is 5.54 Å². The number of piperidine rings is 1. The Labute approximate surface area is 111 Å². The van der Waals surface area contributed by atoms with Crippen molar-refractivity contribution in [2.45, 2.75) is 51.6 Å².